The molecule has 0 spiro atoms. The van der Waals surface area contributed by atoms with E-state index in [1.54, 1.807) is 23.9 Å². The summed E-state index contributed by atoms with van der Waals surface area (Å²) in [6.07, 6.45) is 0. The van der Waals surface area contributed by atoms with Gasteiger partial charge in [0.15, 0.2) is 5.75 Å². The van der Waals surface area contributed by atoms with E-state index in [0.29, 0.717) is 17.1 Å². The minimum atomic E-state index is -0.482. The van der Waals surface area contributed by atoms with E-state index < -0.39 is 4.92 Å². The average Bonchev–Trinajstić information content (AvgIpc) is 2.65. The van der Waals surface area contributed by atoms with Crippen molar-refractivity contribution in [1.82, 2.24) is 9.78 Å². The van der Waals surface area contributed by atoms with Crippen LogP contribution in [0.5, 0.6) is 5.75 Å². The van der Waals surface area contributed by atoms with Gasteiger partial charge in [-0.2, -0.15) is 5.10 Å². The average molecular weight is 262 g/mol. The topological polar surface area (TPSA) is 96.2 Å². The van der Waals surface area contributed by atoms with Crippen LogP contribution >= 0.6 is 0 Å². The first-order chi connectivity index (χ1) is 8.95. The standard InChI is InChI=1S/C12H14N4O3/c1-7-11(14-15(2)12(7)13)8-4-5-10(19-3)9(6-8)16(17)18/h4-6H,13H2,1-3H3. The zero-order chi connectivity index (χ0) is 14.2. The number of nitrogens with zero attached hydrogens (tertiary/aromatic N) is 3. The van der Waals surface area contributed by atoms with Crippen molar-refractivity contribution in [2.75, 3.05) is 12.8 Å². The lowest BCUT2D eigenvalue weighted by atomic mass is 10.1. The number of nitro groups is 1. The second kappa shape index (κ2) is 4.60. The Morgan fingerprint density at radius 3 is 2.63 bits per heavy atom. The minimum Gasteiger partial charge on any atom is -0.490 e. The van der Waals surface area contributed by atoms with Crippen LogP contribution in [-0.4, -0.2) is 21.8 Å². The van der Waals surface area contributed by atoms with Crippen molar-refractivity contribution in [3.8, 4) is 17.0 Å². The fourth-order valence-corrected chi connectivity index (χ4v) is 1.90. The highest BCUT2D eigenvalue weighted by atomic mass is 16.6. The van der Waals surface area contributed by atoms with E-state index in [1.807, 2.05) is 6.92 Å². The number of nitrogens with two attached hydrogens (primary N) is 1. The molecule has 0 aliphatic carbocycles. The molecule has 1 aromatic carbocycles. The third-order valence-electron chi connectivity index (χ3n) is 2.99. The number of hydrogen-bond acceptors (Lipinski definition) is 5. The van der Waals surface area contributed by atoms with Gasteiger partial charge in [0.05, 0.1) is 17.7 Å². The molecule has 1 heterocycles. The third-order valence-corrected chi connectivity index (χ3v) is 2.99. The van der Waals surface area contributed by atoms with Gasteiger partial charge >= 0.3 is 5.69 Å². The van der Waals surface area contributed by atoms with Gasteiger partial charge in [-0.3, -0.25) is 14.8 Å². The number of aryl methyl sites for hydroxylation is 1. The summed E-state index contributed by atoms with van der Waals surface area (Å²) < 4.78 is 6.51. The van der Waals surface area contributed by atoms with E-state index in [-0.39, 0.29) is 11.4 Å². The Bertz CT molecular complexity index is 649. The molecule has 7 heteroatoms. The van der Waals surface area contributed by atoms with E-state index >= 15 is 0 Å². The van der Waals surface area contributed by atoms with Crippen molar-refractivity contribution in [2.45, 2.75) is 6.92 Å². The van der Waals surface area contributed by atoms with E-state index in [1.165, 1.54) is 13.2 Å². The summed E-state index contributed by atoms with van der Waals surface area (Å²) in [6, 6.07) is 4.71. The molecular formula is C12H14N4O3. The van der Waals surface area contributed by atoms with Crippen LogP contribution in [0.4, 0.5) is 11.5 Å². The number of hydrogen-bond donors (Lipinski definition) is 1. The molecule has 0 fully saturated rings. The highest BCUT2D eigenvalue weighted by Gasteiger charge is 2.19. The quantitative estimate of drug-likeness (QED) is 0.673. The van der Waals surface area contributed by atoms with Gasteiger partial charge in [0.2, 0.25) is 0 Å². The van der Waals surface area contributed by atoms with Gasteiger partial charge in [0.25, 0.3) is 0 Å². The fraction of sp³-hybridized carbons (Fsp3) is 0.250. The molecule has 2 aromatic rings. The van der Waals surface area contributed by atoms with Crippen LogP contribution in [0.15, 0.2) is 18.2 Å². The summed E-state index contributed by atoms with van der Waals surface area (Å²) in [4.78, 5) is 10.5. The Hall–Kier alpha value is -2.57. The van der Waals surface area contributed by atoms with Crippen molar-refractivity contribution in [3.63, 3.8) is 0 Å². The van der Waals surface area contributed by atoms with Gasteiger partial charge in [-0.05, 0) is 19.1 Å². The third kappa shape index (κ3) is 2.10. The summed E-state index contributed by atoms with van der Waals surface area (Å²) in [5.41, 5.74) is 7.80. The van der Waals surface area contributed by atoms with Crippen LogP contribution in [0, 0.1) is 17.0 Å². The largest absolute Gasteiger partial charge is 0.490 e. The van der Waals surface area contributed by atoms with E-state index in [0.717, 1.165) is 5.56 Å². The van der Waals surface area contributed by atoms with Gasteiger partial charge in [-0.25, -0.2) is 0 Å². The number of ether oxygens (including phenoxy) is 1. The van der Waals surface area contributed by atoms with Crippen molar-refractivity contribution in [1.29, 1.82) is 0 Å². The minimum absolute atomic E-state index is 0.0939. The summed E-state index contributed by atoms with van der Waals surface area (Å²) in [5.74, 6) is 0.753. The maximum Gasteiger partial charge on any atom is 0.311 e. The highest BCUT2D eigenvalue weighted by molar-refractivity contribution is 5.71. The van der Waals surface area contributed by atoms with E-state index in [9.17, 15) is 10.1 Å². The molecule has 0 bridgehead atoms. The number of rotatable bonds is 3. The fourth-order valence-electron chi connectivity index (χ4n) is 1.90. The Balaban J connectivity index is 2.60. The summed E-state index contributed by atoms with van der Waals surface area (Å²) in [6.45, 7) is 1.83. The highest BCUT2D eigenvalue weighted by Crippen LogP contribution is 2.33. The molecule has 0 aliphatic rings. The molecule has 2 N–H and O–H groups in total. The molecule has 19 heavy (non-hydrogen) atoms. The molecule has 0 aliphatic heterocycles. The number of nitrogen functional groups attached to an aromatic ring is 1. The lowest BCUT2D eigenvalue weighted by molar-refractivity contribution is -0.385. The molecule has 0 radical (unpaired) electrons. The SMILES string of the molecule is COc1ccc(-c2nn(C)c(N)c2C)cc1[N+](=O)[O-]. The monoisotopic (exact) mass is 262 g/mol. The van der Waals surface area contributed by atoms with Gasteiger partial charge in [-0.1, -0.05) is 0 Å². The second-order valence-corrected chi connectivity index (χ2v) is 4.13. The van der Waals surface area contributed by atoms with Gasteiger partial charge in [0.1, 0.15) is 5.82 Å². The van der Waals surface area contributed by atoms with Crippen LogP contribution in [-0.2, 0) is 7.05 Å². The Morgan fingerprint density at radius 1 is 1.47 bits per heavy atom. The molecule has 0 amide bonds. The molecule has 1 aromatic heterocycles. The molecule has 0 atom stereocenters. The molecule has 0 saturated carbocycles. The predicted molar refractivity (Wildman–Crippen MR) is 71.0 cm³/mol. The molecule has 0 saturated heterocycles. The van der Waals surface area contributed by atoms with Gasteiger partial charge < -0.3 is 10.5 Å². The number of anilines is 1. The van der Waals surface area contributed by atoms with Crippen LogP contribution in [0.1, 0.15) is 5.56 Å². The first-order valence-electron chi connectivity index (χ1n) is 5.57. The maximum absolute atomic E-state index is 11.0. The Kier molecular flexibility index (Phi) is 3.12. The number of nitro benzene ring substituents is 1. The molecule has 7 nitrogen and oxygen atoms in total. The van der Waals surface area contributed by atoms with Gasteiger partial charge in [-0.15, -0.1) is 0 Å². The Labute approximate surface area is 109 Å². The number of methoxy groups -OCH3 is 1. The summed E-state index contributed by atoms with van der Waals surface area (Å²) >= 11 is 0. The molecule has 100 valence electrons. The zero-order valence-electron chi connectivity index (χ0n) is 10.9. The summed E-state index contributed by atoms with van der Waals surface area (Å²) in [7, 11) is 3.12. The Morgan fingerprint density at radius 2 is 2.16 bits per heavy atom. The molecule has 2 rings (SSSR count). The van der Waals surface area contributed by atoms with E-state index in [2.05, 4.69) is 5.10 Å². The van der Waals surface area contributed by atoms with Crippen LogP contribution in [0.25, 0.3) is 11.3 Å². The summed E-state index contributed by atoms with van der Waals surface area (Å²) in [5, 5.41) is 15.3. The van der Waals surface area contributed by atoms with Crippen LogP contribution in [0.3, 0.4) is 0 Å². The lowest BCUT2D eigenvalue weighted by Gasteiger charge is -2.04. The zero-order valence-corrected chi connectivity index (χ0v) is 10.9. The van der Waals surface area contributed by atoms with Crippen molar-refractivity contribution in [3.05, 3.63) is 33.9 Å². The number of aromatic nitrogens is 2. The maximum atomic E-state index is 11.0. The van der Waals surface area contributed by atoms with Crippen molar-refractivity contribution in [2.24, 2.45) is 7.05 Å². The van der Waals surface area contributed by atoms with E-state index in [4.69, 9.17) is 10.5 Å². The van der Waals surface area contributed by atoms with Crippen molar-refractivity contribution >= 4 is 11.5 Å². The number of benzene rings is 1. The second-order valence-electron chi connectivity index (χ2n) is 4.13. The predicted octanol–water partition coefficient (Wildman–Crippen LogP) is 1.89. The molecular weight excluding hydrogens is 248 g/mol. The van der Waals surface area contributed by atoms with Crippen LogP contribution in [0.2, 0.25) is 0 Å². The van der Waals surface area contributed by atoms with Crippen LogP contribution < -0.4 is 10.5 Å². The first kappa shape index (κ1) is 12.9. The first-order valence-corrected chi connectivity index (χ1v) is 5.57. The van der Waals surface area contributed by atoms with Crippen molar-refractivity contribution < 1.29 is 9.66 Å². The van der Waals surface area contributed by atoms with Gasteiger partial charge in [0, 0.05) is 24.2 Å². The smallest absolute Gasteiger partial charge is 0.311 e. The normalized spacial score (nSPS) is 10.5. The lowest BCUT2D eigenvalue weighted by Crippen LogP contribution is -1.97. The molecule has 0 unspecified atom stereocenters.